The first-order valence-electron chi connectivity index (χ1n) is 6.89. The first-order chi connectivity index (χ1) is 10.3. The van der Waals surface area contributed by atoms with Crippen LogP contribution in [-0.4, -0.2) is 26.5 Å². The summed E-state index contributed by atoms with van der Waals surface area (Å²) in [7, 11) is -4.69. The third-order valence-electron chi connectivity index (χ3n) is 4.14. The Bertz CT molecular complexity index is 672. The van der Waals surface area contributed by atoms with Crippen molar-refractivity contribution in [1.82, 2.24) is 10.0 Å². The van der Waals surface area contributed by atoms with Gasteiger partial charge < -0.3 is 5.32 Å². The first-order valence-corrected chi connectivity index (χ1v) is 8.37. The fourth-order valence-electron chi connectivity index (χ4n) is 3.22. The van der Waals surface area contributed by atoms with Crippen molar-refractivity contribution in [3.8, 4) is 0 Å². The van der Waals surface area contributed by atoms with E-state index in [-0.39, 0.29) is 18.2 Å². The predicted molar refractivity (Wildman–Crippen MR) is 69.6 cm³/mol. The summed E-state index contributed by atoms with van der Waals surface area (Å²) >= 11 is 0. The van der Waals surface area contributed by atoms with E-state index in [9.17, 15) is 26.0 Å². The van der Waals surface area contributed by atoms with Crippen molar-refractivity contribution in [3.05, 3.63) is 29.3 Å². The molecular formula is C13H14F4N2O2S. The highest BCUT2D eigenvalue weighted by molar-refractivity contribution is 7.89. The maximum Gasteiger partial charge on any atom is 0.246 e. The molecule has 22 heavy (non-hydrogen) atoms. The van der Waals surface area contributed by atoms with Crippen molar-refractivity contribution in [2.75, 3.05) is 0 Å². The number of hydrogen-bond donors (Lipinski definition) is 2. The van der Waals surface area contributed by atoms with E-state index in [0.717, 1.165) is 12.8 Å². The van der Waals surface area contributed by atoms with Gasteiger partial charge in [0.25, 0.3) is 0 Å². The molecule has 0 saturated carbocycles. The van der Waals surface area contributed by atoms with Crippen molar-refractivity contribution < 1.29 is 26.0 Å². The van der Waals surface area contributed by atoms with Crippen LogP contribution in [0.2, 0.25) is 0 Å². The lowest BCUT2D eigenvalue weighted by Gasteiger charge is -2.29. The average Bonchev–Trinajstić information content (AvgIpc) is 2.75. The molecule has 2 atom stereocenters. The molecule has 2 fully saturated rings. The molecule has 0 spiro atoms. The molecule has 2 aliphatic rings. The Labute approximate surface area is 124 Å². The van der Waals surface area contributed by atoms with Crippen molar-refractivity contribution in [3.63, 3.8) is 0 Å². The van der Waals surface area contributed by atoms with Gasteiger partial charge in [-0.3, -0.25) is 0 Å². The minimum atomic E-state index is -4.69. The Balaban J connectivity index is 1.91. The maximum atomic E-state index is 13.6. The summed E-state index contributed by atoms with van der Waals surface area (Å²) in [4.78, 5) is -1.60. The zero-order valence-corrected chi connectivity index (χ0v) is 12.2. The van der Waals surface area contributed by atoms with Gasteiger partial charge in [0.2, 0.25) is 10.0 Å². The van der Waals surface area contributed by atoms with Gasteiger partial charge in [-0.2, -0.15) is 0 Å². The SMILES string of the molecule is O=S(=O)(NC1CC2CCC(C1)N2)c1c(F)c(F)cc(F)c1F. The van der Waals surface area contributed by atoms with E-state index in [1.165, 1.54) is 0 Å². The van der Waals surface area contributed by atoms with Gasteiger partial charge in [0.15, 0.2) is 28.2 Å². The smallest absolute Gasteiger partial charge is 0.246 e. The van der Waals surface area contributed by atoms with E-state index >= 15 is 0 Å². The molecule has 0 radical (unpaired) electrons. The van der Waals surface area contributed by atoms with Crippen LogP contribution in [0.3, 0.4) is 0 Å². The third kappa shape index (κ3) is 2.72. The van der Waals surface area contributed by atoms with Gasteiger partial charge in [-0.15, -0.1) is 0 Å². The van der Waals surface area contributed by atoms with Gasteiger partial charge in [-0.1, -0.05) is 0 Å². The van der Waals surface area contributed by atoms with E-state index in [1.807, 2.05) is 0 Å². The molecule has 4 nitrogen and oxygen atoms in total. The van der Waals surface area contributed by atoms with Crippen LogP contribution in [0.15, 0.2) is 11.0 Å². The summed E-state index contributed by atoms with van der Waals surface area (Å²) in [5, 5.41) is 3.28. The lowest BCUT2D eigenvalue weighted by atomic mass is 10.0. The van der Waals surface area contributed by atoms with Crippen LogP contribution in [0.1, 0.15) is 25.7 Å². The molecule has 1 aromatic carbocycles. The average molecular weight is 338 g/mol. The molecule has 2 heterocycles. The molecule has 3 rings (SSSR count). The number of fused-ring (bicyclic) bond motifs is 2. The van der Waals surface area contributed by atoms with Crippen LogP contribution in [0, 0.1) is 23.3 Å². The van der Waals surface area contributed by atoms with Crippen LogP contribution < -0.4 is 10.0 Å². The summed E-state index contributed by atoms with van der Waals surface area (Å²) in [6.07, 6.45) is 2.74. The van der Waals surface area contributed by atoms with Crippen molar-refractivity contribution in [2.24, 2.45) is 0 Å². The van der Waals surface area contributed by atoms with E-state index in [4.69, 9.17) is 0 Å². The lowest BCUT2D eigenvalue weighted by Crippen LogP contribution is -2.48. The van der Waals surface area contributed by atoms with Crippen LogP contribution in [0.25, 0.3) is 0 Å². The van der Waals surface area contributed by atoms with E-state index in [0.29, 0.717) is 12.8 Å². The molecule has 2 unspecified atom stereocenters. The topological polar surface area (TPSA) is 58.2 Å². The number of sulfonamides is 1. The Hall–Kier alpha value is -1.19. The van der Waals surface area contributed by atoms with Crippen LogP contribution in [-0.2, 0) is 10.0 Å². The fourth-order valence-corrected chi connectivity index (χ4v) is 4.64. The zero-order chi connectivity index (χ0) is 16.1. The fraction of sp³-hybridized carbons (Fsp3) is 0.538. The van der Waals surface area contributed by atoms with Gasteiger partial charge in [0.05, 0.1) is 0 Å². The number of halogens is 4. The predicted octanol–water partition coefficient (Wildman–Crippen LogP) is 1.80. The molecule has 0 aliphatic carbocycles. The number of rotatable bonds is 3. The van der Waals surface area contributed by atoms with E-state index < -0.39 is 44.2 Å². The molecule has 1 aromatic rings. The summed E-state index contributed by atoms with van der Waals surface area (Å²) in [5.74, 6) is -7.32. The summed E-state index contributed by atoms with van der Waals surface area (Å²) < 4.78 is 80.1. The van der Waals surface area contributed by atoms with Gasteiger partial charge in [-0.05, 0) is 25.7 Å². The summed E-state index contributed by atoms with van der Waals surface area (Å²) in [6.45, 7) is 0. The monoisotopic (exact) mass is 338 g/mol. The minimum absolute atomic E-state index is 0.0194. The number of benzene rings is 1. The van der Waals surface area contributed by atoms with Crippen molar-refractivity contribution in [1.29, 1.82) is 0 Å². The highest BCUT2D eigenvalue weighted by Crippen LogP contribution is 2.29. The summed E-state index contributed by atoms with van der Waals surface area (Å²) in [6, 6.07) is -0.251. The second-order valence-electron chi connectivity index (χ2n) is 5.72. The first kappa shape index (κ1) is 15.7. The molecule has 2 bridgehead atoms. The molecule has 122 valence electrons. The number of nitrogens with one attached hydrogen (secondary N) is 2. The highest BCUT2D eigenvalue weighted by Gasteiger charge is 2.37. The van der Waals surface area contributed by atoms with Crippen LogP contribution in [0.4, 0.5) is 17.6 Å². The highest BCUT2D eigenvalue weighted by atomic mass is 32.2. The normalized spacial score (nSPS) is 28.1. The molecule has 0 aromatic heterocycles. The zero-order valence-electron chi connectivity index (χ0n) is 11.4. The van der Waals surface area contributed by atoms with Crippen molar-refractivity contribution in [2.45, 2.75) is 48.7 Å². The number of piperidine rings is 1. The second kappa shape index (κ2) is 5.47. The van der Waals surface area contributed by atoms with Gasteiger partial charge >= 0.3 is 0 Å². The van der Waals surface area contributed by atoms with Gasteiger partial charge in [0.1, 0.15) is 0 Å². The molecular weight excluding hydrogens is 324 g/mol. The van der Waals surface area contributed by atoms with Crippen molar-refractivity contribution >= 4 is 10.0 Å². The molecule has 9 heteroatoms. The minimum Gasteiger partial charge on any atom is -0.311 e. The Kier molecular flexibility index (Phi) is 3.90. The van der Waals surface area contributed by atoms with E-state index in [2.05, 4.69) is 10.0 Å². The van der Waals surface area contributed by atoms with Crippen LogP contribution >= 0.6 is 0 Å². The Morgan fingerprint density at radius 2 is 1.50 bits per heavy atom. The summed E-state index contributed by atoms with van der Waals surface area (Å²) in [5.41, 5.74) is 0. The molecule has 2 aliphatic heterocycles. The molecule has 0 amide bonds. The molecule has 2 N–H and O–H groups in total. The van der Waals surface area contributed by atoms with Gasteiger partial charge in [0, 0.05) is 24.2 Å². The largest absolute Gasteiger partial charge is 0.311 e. The van der Waals surface area contributed by atoms with Gasteiger partial charge in [-0.25, -0.2) is 30.7 Å². The quantitative estimate of drug-likeness (QED) is 0.653. The number of hydrogen-bond acceptors (Lipinski definition) is 3. The maximum absolute atomic E-state index is 13.6. The standard InChI is InChI=1S/C13H14F4N2O2S/c14-9-5-10(15)12(17)13(11(9)16)22(20,21)19-8-3-6-1-2-7(4-8)18-6/h5-8,18-19H,1-4H2. The molecule has 2 saturated heterocycles. The Morgan fingerprint density at radius 1 is 1.00 bits per heavy atom. The third-order valence-corrected chi connectivity index (χ3v) is 5.67. The van der Waals surface area contributed by atoms with Crippen LogP contribution in [0.5, 0.6) is 0 Å². The second-order valence-corrected chi connectivity index (χ2v) is 7.38. The Morgan fingerprint density at radius 3 is 2.00 bits per heavy atom. The van der Waals surface area contributed by atoms with E-state index in [1.54, 1.807) is 0 Å². The lowest BCUT2D eigenvalue weighted by molar-refractivity contribution is 0.343.